The van der Waals surface area contributed by atoms with Crippen LogP contribution in [-0.2, 0) is 10.4 Å². The number of rotatable bonds is 1. The van der Waals surface area contributed by atoms with Crippen molar-refractivity contribution in [2.75, 3.05) is 0 Å². The molecule has 0 radical (unpaired) electrons. The van der Waals surface area contributed by atoms with Gasteiger partial charge in [-0.05, 0) is 24.6 Å². The van der Waals surface area contributed by atoms with Gasteiger partial charge in [-0.1, -0.05) is 12.1 Å². The molecule has 29 heavy (non-hydrogen) atoms. The average molecular weight is 401 g/mol. The van der Waals surface area contributed by atoms with E-state index in [0.29, 0.717) is 0 Å². The van der Waals surface area contributed by atoms with Gasteiger partial charge in [0, 0.05) is 16.7 Å². The van der Waals surface area contributed by atoms with Gasteiger partial charge in [0.15, 0.2) is 0 Å². The van der Waals surface area contributed by atoms with Gasteiger partial charge in [-0.15, -0.1) is 0 Å². The smallest absolute Gasteiger partial charge is 0.226 e. The summed E-state index contributed by atoms with van der Waals surface area (Å²) >= 11 is 0. The molecule has 5 atom stereocenters. The predicted octanol–water partition coefficient (Wildman–Crippen LogP) is -0.559. The van der Waals surface area contributed by atoms with Crippen molar-refractivity contribution in [3.05, 3.63) is 57.6 Å². The molecule has 0 bridgehead atoms. The van der Waals surface area contributed by atoms with Crippen molar-refractivity contribution < 1.29 is 40.2 Å². The fraction of sp³-hybridized carbons (Fsp3) is 0.300. The van der Waals surface area contributed by atoms with Gasteiger partial charge in [0.25, 0.3) is 0 Å². The van der Waals surface area contributed by atoms with E-state index in [9.17, 15) is 40.2 Å². The standard InChI is InChI=1S/C20H19NO8/c1-20(29)7-3-2-4-9(22)11(7)17(26)12-8(20)5-6-10(15(12)24)16(25)13(19(21)28)18(27)14(6)23/h2-5,13-14,16,18,22-25,27,29H,1H3,(H2,21,28)/t13?,14?,16?,18?,20-/m1/s1. The highest BCUT2D eigenvalue weighted by Gasteiger charge is 2.49. The van der Waals surface area contributed by atoms with E-state index in [0.717, 1.165) is 0 Å². The van der Waals surface area contributed by atoms with Crippen LogP contribution in [0.1, 0.15) is 57.3 Å². The van der Waals surface area contributed by atoms with Crippen LogP contribution in [0.15, 0.2) is 24.3 Å². The maximum atomic E-state index is 13.1. The second kappa shape index (κ2) is 6.01. The van der Waals surface area contributed by atoms with Crippen molar-refractivity contribution in [1.29, 1.82) is 0 Å². The topological polar surface area (TPSA) is 182 Å². The first-order chi connectivity index (χ1) is 13.5. The van der Waals surface area contributed by atoms with E-state index in [2.05, 4.69) is 0 Å². The first kappa shape index (κ1) is 19.3. The molecule has 0 saturated heterocycles. The molecule has 9 nitrogen and oxygen atoms in total. The van der Waals surface area contributed by atoms with Crippen molar-refractivity contribution in [3.63, 3.8) is 0 Å². The quantitative estimate of drug-likeness (QED) is 0.332. The average Bonchev–Trinajstić information content (AvgIpc) is 2.63. The molecule has 4 unspecified atom stereocenters. The Hall–Kier alpha value is -2.98. The number of aromatic hydroxyl groups is 2. The number of phenolic OH excluding ortho intramolecular Hbond substituents is 2. The lowest BCUT2D eigenvalue weighted by Crippen LogP contribution is -2.45. The van der Waals surface area contributed by atoms with Crippen molar-refractivity contribution >= 4 is 11.7 Å². The lowest BCUT2D eigenvalue weighted by molar-refractivity contribution is -0.139. The normalized spacial score (nSPS) is 30.3. The number of fused-ring (bicyclic) bond motifs is 3. The van der Waals surface area contributed by atoms with Crippen LogP contribution < -0.4 is 5.73 Å². The summed E-state index contributed by atoms with van der Waals surface area (Å²) in [5.74, 6) is -4.69. The molecule has 4 rings (SSSR count). The zero-order chi connectivity index (χ0) is 21.4. The predicted molar refractivity (Wildman–Crippen MR) is 96.9 cm³/mol. The summed E-state index contributed by atoms with van der Waals surface area (Å²) in [6.07, 6.45) is -5.26. The van der Waals surface area contributed by atoms with Crippen molar-refractivity contribution in [3.8, 4) is 11.5 Å². The Bertz CT molecular complexity index is 1080. The number of aliphatic hydroxyl groups excluding tert-OH is 3. The molecule has 0 spiro atoms. The molecule has 1 amide bonds. The van der Waals surface area contributed by atoms with E-state index in [1.807, 2.05) is 0 Å². The van der Waals surface area contributed by atoms with Gasteiger partial charge in [0.1, 0.15) is 23.2 Å². The zero-order valence-corrected chi connectivity index (χ0v) is 15.2. The van der Waals surface area contributed by atoms with Crippen molar-refractivity contribution in [2.24, 2.45) is 11.7 Å². The van der Waals surface area contributed by atoms with Crippen molar-refractivity contribution in [2.45, 2.75) is 30.8 Å². The molecule has 0 saturated carbocycles. The minimum absolute atomic E-state index is 0.0761. The molecule has 0 heterocycles. The molecular formula is C20H19NO8. The van der Waals surface area contributed by atoms with E-state index in [1.54, 1.807) is 0 Å². The number of primary amides is 1. The van der Waals surface area contributed by atoms with Gasteiger partial charge in [0.2, 0.25) is 11.7 Å². The summed E-state index contributed by atoms with van der Waals surface area (Å²) in [5.41, 5.74) is 2.31. The first-order valence-electron chi connectivity index (χ1n) is 8.83. The fourth-order valence-electron chi connectivity index (χ4n) is 4.40. The van der Waals surface area contributed by atoms with Crippen LogP contribution in [0.3, 0.4) is 0 Å². The number of carbonyl (C=O) groups is 2. The van der Waals surface area contributed by atoms with Crippen LogP contribution in [0.5, 0.6) is 11.5 Å². The van der Waals surface area contributed by atoms with Crippen LogP contribution >= 0.6 is 0 Å². The van der Waals surface area contributed by atoms with Crippen LogP contribution in [0.2, 0.25) is 0 Å². The molecule has 2 aromatic rings. The molecule has 8 N–H and O–H groups in total. The molecule has 2 aromatic carbocycles. The monoisotopic (exact) mass is 401 g/mol. The molecule has 0 aliphatic heterocycles. The van der Waals surface area contributed by atoms with Crippen LogP contribution in [0, 0.1) is 5.92 Å². The van der Waals surface area contributed by atoms with E-state index >= 15 is 0 Å². The maximum absolute atomic E-state index is 13.1. The minimum atomic E-state index is -1.85. The zero-order valence-electron chi connectivity index (χ0n) is 15.2. The van der Waals surface area contributed by atoms with E-state index in [-0.39, 0.29) is 33.4 Å². The van der Waals surface area contributed by atoms with Crippen LogP contribution in [0.4, 0.5) is 0 Å². The Morgan fingerprint density at radius 2 is 1.72 bits per heavy atom. The van der Waals surface area contributed by atoms with Gasteiger partial charge in [-0.25, -0.2) is 0 Å². The molecule has 0 aromatic heterocycles. The third kappa shape index (κ3) is 2.36. The Balaban J connectivity index is 2.06. The van der Waals surface area contributed by atoms with Gasteiger partial charge in [0.05, 0.1) is 29.3 Å². The number of phenols is 2. The highest BCUT2D eigenvalue weighted by atomic mass is 16.3. The second-order valence-corrected chi connectivity index (χ2v) is 7.56. The Labute approximate surface area is 164 Å². The first-order valence-corrected chi connectivity index (χ1v) is 8.83. The maximum Gasteiger partial charge on any atom is 0.226 e. The Kier molecular flexibility index (Phi) is 4.01. The highest BCUT2D eigenvalue weighted by molar-refractivity contribution is 6.16. The summed E-state index contributed by atoms with van der Waals surface area (Å²) in [7, 11) is 0. The lowest BCUT2D eigenvalue weighted by atomic mass is 9.69. The highest BCUT2D eigenvalue weighted by Crippen LogP contribution is 2.52. The summed E-state index contributed by atoms with van der Waals surface area (Å²) in [5, 5.41) is 63.5. The van der Waals surface area contributed by atoms with E-state index in [4.69, 9.17) is 5.73 Å². The Morgan fingerprint density at radius 1 is 1.07 bits per heavy atom. The van der Waals surface area contributed by atoms with Gasteiger partial charge in [-0.3, -0.25) is 9.59 Å². The third-order valence-corrected chi connectivity index (χ3v) is 5.89. The molecular weight excluding hydrogens is 382 g/mol. The lowest BCUT2D eigenvalue weighted by Gasteiger charge is -2.40. The number of hydrogen-bond donors (Lipinski definition) is 7. The number of aliphatic hydroxyl groups is 4. The van der Waals surface area contributed by atoms with E-state index < -0.39 is 53.0 Å². The molecule has 2 aliphatic rings. The largest absolute Gasteiger partial charge is 0.507 e. The van der Waals surface area contributed by atoms with Crippen LogP contribution in [-0.4, -0.2) is 48.4 Å². The molecule has 0 fully saturated rings. The van der Waals surface area contributed by atoms with E-state index in [1.165, 1.54) is 31.2 Å². The van der Waals surface area contributed by atoms with Crippen LogP contribution in [0.25, 0.3) is 0 Å². The fourth-order valence-corrected chi connectivity index (χ4v) is 4.40. The molecule has 9 heteroatoms. The summed E-state index contributed by atoms with van der Waals surface area (Å²) in [4.78, 5) is 24.8. The summed E-state index contributed by atoms with van der Waals surface area (Å²) in [6.45, 7) is 1.34. The summed E-state index contributed by atoms with van der Waals surface area (Å²) < 4.78 is 0. The number of ketones is 1. The number of benzene rings is 2. The van der Waals surface area contributed by atoms with Gasteiger partial charge < -0.3 is 36.4 Å². The van der Waals surface area contributed by atoms with Gasteiger partial charge >= 0.3 is 0 Å². The van der Waals surface area contributed by atoms with Crippen molar-refractivity contribution in [1.82, 2.24) is 0 Å². The summed E-state index contributed by atoms with van der Waals surface area (Å²) in [6, 6.07) is 5.34. The number of nitrogens with two attached hydrogens (primary N) is 1. The number of hydrogen-bond acceptors (Lipinski definition) is 8. The molecule has 152 valence electrons. The number of amides is 1. The third-order valence-electron chi connectivity index (χ3n) is 5.89. The molecule has 2 aliphatic carbocycles. The Morgan fingerprint density at radius 3 is 2.34 bits per heavy atom. The number of carbonyl (C=O) groups excluding carboxylic acids is 2. The second-order valence-electron chi connectivity index (χ2n) is 7.56. The SMILES string of the molecule is C[C@@]1(O)c2cccc(O)c2C(=O)c2c1cc1c(c2O)C(O)C(C(N)=O)C(O)C1O. The minimum Gasteiger partial charge on any atom is -0.507 e. The van der Waals surface area contributed by atoms with Gasteiger partial charge in [-0.2, -0.15) is 0 Å².